The van der Waals surface area contributed by atoms with Gasteiger partial charge < -0.3 is 47.9 Å². The average Bonchev–Trinajstić information content (AvgIpc) is 3.49. The molecular weight excluding hydrogens is 981 g/mol. The van der Waals surface area contributed by atoms with Crippen molar-refractivity contribution in [2.24, 2.45) is 5.11 Å². The van der Waals surface area contributed by atoms with Crippen molar-refractivity contribution in [3.63, 3.8) is 0 Å². The van der Waals surface area contributed by atoms with Gasteiger partial charge in [0.1, 0.15) is 48.6 Å². The van der Waals surface area contributed by atoms with Crippen LogP contribution < -0.4 is 5.32 Å². The Balaban J connectivity index is 1.07. The van der Waals surface area contributed by atoms with Gasteiger partial charge >= 0.3 is 6.09 Å². The Morgan fingerprint density at radius 3 is 1.38 bits per heavy atom. The molecule has 14 nitrogen and oxygen atoms in total. The molecule has 10 atom stereocenters. The van der Waals surface area contributed by atoms with Crippen molar-refractivity contribution in [2.75, 3.05) is 13.2 Å². The monoisotopic (exact) mass is 1040 g/mol. The topological polar surface area (TPSA) is 161 Å². The quantitative estimate of drug-likeness (QED) is 0.0329. The van der Waals surface area contributed by atoms with Crippen LogP contribution in [0, 0.1) is 0 Å². The summed E-state index contributed by atoms with van der Waals surface area (Å²) in [7, 11) is 0. The van der Waals surface area contributed by atoms with Crippen molar-refractivity contribution in [1.29, 1.82) is 0 Å². The Labute approximate surface area is 448 Å². The lowest BCUT2D eigenvalue weighted by Gasteiger charge is -2.47. The van der Waals surface area contributed by atoms with Crippen LogP contribution in [0.3, 0.4) is 0 Å². The number of alkyl carbamates (subject to hydrolysis) is 1. The highest BCUT2D eigenvalue weighted by Crippen LogP contribution is 2.38. The van der Waals surface area contributed by atoms with Crippen molar-refractivity contribution < 1.29 is 47.4 Å². The summed E-state index contributed by atoms with van der Waals surface area (Å²) < 4.78 is 61.0. The fourth-order valence-electron chi connectivity index (χ4n) is 9.09. The molecule has 0 radical (unpaired) electrons. The number of carbonyl (C=O) groups excluding carboxylic acids is 1. The van der Waals surface area contributed by atoms with Gasteiger partial charge in [-0.05, 0) is 51.0 Å². The lowest BCUT2D eigenvalue weighted by Crippen LogP contribution is -2.65. The highest BCUT2D eigenvalue weighted by atomic mass is 32.2. The second-order valence-electron chi connectivity index (χ2n) is 18.3. The first-order valence-electron chi connectivity index (χ1n) is 25.5. The molecule has 15 heteroatoms. The fourth-order valence-corrected chi connectivity index (χ4v) is 10.2. The van der Waals surface area contributed by atoms with Crippen molar-refractivity contribution in [2.45, 2.75) is 105 Å². The number of rotatable bonds is 25. The van der Waals surface area contributed by atoms with Gasteiger partial charge in [0.25, 0.3) is 0 Å². The van der Waals surface area contributed by atoms with Crippen LogP contribution in [0.1, 0.15) is 33.4 Å². The molecule has 2 saturated heterocycles. The van der Waals surface area contributed by atoms with Crippen LogP contribution in [0.5, 0.6) is 0 Å². The number of amides is 1. The summed E-state index contributed by atoms with van der Waals surface area (Å²) >= 11 is 1.38. The number of benzene rings is 7. The average molecular weight is 1040 g/mol. The van der Waals surface area contributed by atoms with Gasteiger partial charge in [0.2, 0.25) is 0 Å². The molecule has 0 aliphatic carbocycles. The summed E-state index contributed by atoms with van der Waals surface area (Å²) in [5, 5.41) is 7.37. The zero-order valence-electron chi connectivity index (χ0n) is 42.0. The summed E-state index contributed by atoms with van der Waals surface area (Å²) in [4.78, 5) is 18.2. The van der Waals surface area contributed by atoms with Gasteiger partial charge in [-0.25, -0.2) is 4.79 Å². The van der Waals surface area contributed by atoms with Crippen LogP contribution in [-0.4, -0.2) is 79.7 Å². The van der Waals surface area contributed by atoms with Gasteiger partial charge in [-0.2, -0.15) is 0 Å². The second-order valence-corrected chi connectivity index (χ2v) is 19.5. The number of nitrogens with zero attached hydrogens (tertiary/aromatic N) is 3. The lowest BCUT2D eigenvalue weighted by molar-refractivity contribution is -0.333. The normalized spacial score (nSPS) is 23.2. The molecule has 0 bridgehead atoms. The minimum Gasteiger partial charge on any atom is -0.445 e. The minimum atomic E-state index is -1.11. The Morgan fingerprint density at radius 2 is 0.895 bits per heavy atom. The molecule has 7 aromatic carbocycles. The van der Waals surface area contributed by atoms with E-state index in [1.54, 1.807) is 0 Å². The first-order chi connectivity index (χ1) is 37.6. The van der Waals surface area contributed by atoms with Crippen molar-refractivity contribution in [3.05, 3.63) is 256 Å². The second kappa shape index (κ2) is 28.9. The minimum absolute atomic E-state index is 0.00514. The lowest BCUT2D eigenvalue weighted by atomic mass is 9.95. The van der Waals surface area contributed by atoms with E-state index in [1.165, 1.54) is 11.8 Å². The number of azide groups is 1. The van der Waals surface area contributed by atoms with Crippen molar-refractivity contribution in [1.82, 2.24) is 5.32 Å². The SMILES string of the molecule is [N-]=[N+]=N[C@@H]1[C@@H](OCc2ccccc2)[C@@H](NC(=O)OCc2ccccc2)[C@@H](CO[C@H]2O[C@H](COCc3ccccc3)[C@H](OCc3ccccc3)[C@H](OCc3ccccc3)[C@H]2OCc2ccccc2)O[C@H]1Sc1ccccc1. The van der Waals surface area contributed by atoms with E-state index in [9.17, 15) is 10.3 Å². The Hall–Kier alpha value is -6.85. The maximum absolute atomic E-state index is 14.1. The summed E-state index contributed by atoms with van der Waals surface area (Å²) in [6.45, 7) is 1.08. The third-order valence-electron chi connectivity index (χ3n) is 12.9. The number of carbonyl (C=O) groups is 1. The van der Waals surface area contributed by atoms with Crippen molar-refractivity contribution in [3.8, 4) is 0 Å². The molecule has 392 valence electrons. The van der Waals surface area contributed by atoms with Gasteiger partial charge in [0.05, 0.1) is 58.4 Å². The summed E-state index contributed by atoms with van der Waals surface area (Å²) in [6, 6.07) is 66.5. The molecule has 1 amide bonds. The zero-order valence-corrected chi connectivity index (χ0v) is 42.8. The van der Waals surface area contributed by atoms with E-state index in [0.29, 0.717) is 6.61 Å². The van der Waals surface area contributed by atoms with Crippen LogP contribution in [-0.2, 0) is 82.3 Å². The van der Waals surface area contributed by atoms with Gasteiger partial charge in [-0.3, -0.25) is 0 Å². The van der Waals surface area contributed by atoms with E-state index < -0.39 is 66.5 Å². The fraction of sp³-hybridized carbons (Fsp3) is 0.295. The predicted molar refractivity (Wildman–Crippen MR) is 288 cm³/mol. The summed E-state index contributed by atoms with van der Waals surface area (Å²) in [5.74, 6) is 0. The number of thioether (sulfide) groups is 1. The maximum atomic E-state index is 14.1. The van der Waals surface area contributed by atoms with Crippen LogP contribution in [0.2, 0.25) is 0 Å². The Bertz CT molecular complexity index is 2810. The molecule has 2 fully saturated rings. The standard InChI is InChI=1S/C61H62N4O10S/c62-65-64-54-56(69-38-46-26-12-3-13-27-46)53(63-61(66)73-41-49-32-18-6-19-33-49)51(75-60(54)76-50-34-20-7-21-35-50)43-72-59-58(71-40-48-30-16-5-17-31-48)57(70-39-47-28-14-4-15-29-47)55(68-37-45-24-10-2-11-25-45)52(74-59)42-67-36-44-22-8-1-9-23-44/h1-35,51-60H,36-43H2,(H,63,66)/t51-,52-,53+,54-,55+,56+,57+,58-,59+,60+/m1/s1. The molecule has 9 rings (SSSR count). The molecule has 7 aromatic rings. The Kier molecular flexibility index (Phi) is 20.5. The van der Waals surface area contributed by atoms with Crippen LogP contribution in [0.4, 0.5) is 4.79 Å². The van der Waals surface area contributed by atoms with Gasteiger partial charge in [0, 0.05) is 9.81 Å². The molecule has 2 heterocycles. The molecule has 0 aromatic heterocycles. The van der Waals surface area contributed by atoms with E-state index in [4.69, 9.17) is 42.6 Å². The van der Waals surface area contributed by atoms with E-state index in [1.807, 2.05) is 212 Å². The maximum Gasteiger partial charge on any atom is 0.407 e. The largest absolute Gasteiger partial charge is 0.445 e. The summed E-state index contributed by atoms with van der Waals surface area (Å²) in [6.07, 6.45) is -6.85. The van der Waals surface area contributed by atoms with Gasteiger partial charge in [-0.1, -0.05) is 217 Å². The van der Waals surface area contributed by atoms with E-state index >= 15 is 0 Å². The summed E-state index contributed by atoms with van der Waals surface area (Å²) in [5.41, 5.74) is 14.9. The van der Waals surface area contributed by atoms with Crippen LogP contribution in [0.15, 0.2) is 222 Å². The number of ether oxygens (including phenoxy) is 9. The van der Waals surface area contributed by atoms with E-state index in [0.717, 1.165) is 38.3 Å². The molecule has 0 spiro atoms. The predicted octanol–water partition coefficient (Wildman–Crippen LogP) is 11.8. The third-order valence-corrected chi connectivity index (χ3v) is 14.1. The van der Waals surface area contributed by atoms with Crippen LogP contribution in [0.25, 0.3) is 10.4 Å². The van der Waals surface area contributed by atoms with Gasteiger partial charge in [-0.15, -0.1) is 0 Å². The zero-order chi connectivity index (χ0) is 52.0. The van der Waals surface area contributed by atoms with Gasteiger partial charge in [0.15, 0.2) is 6.29 Å². The molecule has 1 N–H and O–H groups in total. The first kappa shape index (κ1) is 54.0. The van der Waals surface area contributed by atoms with E-state index in [2.05, 4.69) is 15.3 Å². The van der Waals surface area contributed by atoms with Crippen LogP contribution >= 0.6 is 11.8 Å². The molecule has 2 aliphatic rings. The number of hydrogen-bond acceptors (Lipinski definition) is 12. The molecular formula is C61H62N4O10S. The number of hydrogen-bond donors (Lipinski definition) is 1. The molecule has 0 unspecified atom stereocenters. The smallest absolute Gasteiger partial charge is 0.407 e. The highest BCUT2D eigenvalue weighted by Gasteiger charge is 2.52. The molecule has 2 aliphatic heterocycles. The third kappa shape index (κ3) is 15.9. The van der Waals surface area contributed by atoms with Crippen molar-refractivity contribution >= 4 is 17.9 Å². The highest BCUT2D eigenvalue weighted by molar-refractivity contribution is 7.99. The molecule has 0 saturated carbocycles. The molecule has 76 heavy (non-hydrogen) atoms. The first-order valence-corrected chi connectivity index (χ1v) is 26.3. The Morgan fingerprint density at radius 1 is 0.474 bits per heavy atom. The number of nitrogens with one attached hydrogen (secondary N) is 1. The van der Waals surface area contributed by atoms with E-state index in [-0.39, 0.29) is 46.2 Å².